The molecule has 3 N–H and O–H groups in total. The Morgan fingerprint density at radius 1 is 1.44 bits per heavy atom. The van der Waals surface area contributed by atoms with Gasteiger partial charge in [0.2, 0.25) is 5.91 Å². The monoisotopic (exact) mass is 251 g/mol. The van der Waals surface area contributed by atoms with Gasteiger partial charge in [0, 0.05) is 6.08 Å². The zero-order valence-corrected chi connectivity index (χ0v) is 10.2. The van der Waals surface area contributed by atoms with Crippen molar-refractivity contribution >= 4 is 12.0 Å². The molecule has 1 amide bonds. The second-order valence-corrected chi connectivity index (χ2v) is 3.68. The number of amides is 1. The molecule has 5 nitrogen and oxygen atoms in total. The largest absolute Gasteiger partial charge is 0.497 e. The molecule has 0 aliphatic rings. The fourth-order valence-electron chi connectivity index (χ4n) is 1.32. The number of benzene rings is 1. The summed E-state index contributed by atoms with van der Waals surface area (Å²) in [7, 11) is 1.57. The Balaban J connectivity index is 2.59. The summed E-state index contributed by atoms with van der Waals surface area (Å²) >= 11 is 0. The smallest absolute Gasteiger partial charge is 0.244 e. The molecule has 1 rings (SSSR count). The lowest BCUT2D eigenvalue weighted by Crippen LogP contribution is -2.39. The SMILES string of the molecule is COc1cccc(C=CC(=O)NC(CO)CO)c1. The topological polar surface area (TPSA) is 78.8 Å². The molecule has 1 aromatic carbocycles. The van der Waals surface area contributed by atoms with E-state index in [4.69, 9.17) is 14.9 Å². The van der Waals surface area contributed by atoms with Crippen molar-refractivity contribution in [2.75, 3.05) is 20.3 Å². The van der Waals surface area contributed by atoms with Gasteiger partial charge in [0.25, 0.3) is 0 Å². The third kappa shape index (κ3) is 4.57. The van der Waals surface area contributed by atoms with Gasteiger partial charge in [0.05, 0.1) is 26.4 Å². The molecule has 0 fully saturated rings. The summed E-state index contributed by atoms with van der Waals surface area (Å²) in [6.45, 7) is -0.593. The number of methoxy groups -OCH3 is 1. The van der Waals surface area contributed by atoms with Crippen molar-refractivity contribution in [2.45, 2.75) is 6.04 Å². The maximum Gasteiger partial charge on any atom is 0.244 e. The molecule has 0 aromatic heterocycles. The van der Waals surface area contributed by atoms with Gasteiger partial charge < -0.3 is 20.3 Å². The van der Waals surface area contributed by atoms with E-state index in [0.717, 1.165) is 5.56 Å². The van der Waals surface area contributed by atoms with E-state index in [1.807, 2.05) is 18.2 Å². The van der Waals surface area contributed by atoms with Gasteiger partial charge in [-0.15, -0.1) is 0 Å². The first-order valence-corrected chi connectivity index (χ1v) is 5.54. The second-order valence-electron chi connectivity index (χ2n) is 3.68. The van der Waals surface area contributed by atoms with Gasteiger partial charge in [-0.25, -0.2) is 0 Å². The summed E-state index contributed by atoms with van der Waals surface area (Å²) in [4.78, 5) is 11.4. The van der Waals surface area contributed by atoms with Crippen LogP contribution in [0.3, 0.4) is 0 Å². The Bertz CT molecular complexity index is 413. The van der Waals surface area contributed by atoms with E-state index in [2.05, 4.69) is 5.32 Å². The lowest BCUT2D eigenvalue weighted by atomic mass is 10.2. The van der Waals surface area contributed by atoms with Crippen molar-refractivity contribution in [3.05, 3.63) is 35.9 Å². The van der Waals surface area contributed by atoms with Gasteiger partial charge in [-0.1, -0.05) is 12.1 Å². The quantitative estimate of drug-likeness (QED) is 0.630. The number of hydrogen-bond acceptors (Lipinski definition) is 4. The first-order valence-electron chi connectivity index (χ1n) is 5.54. The maximum absolute atomic E-state index is 11.4. The molecule has 0 unspecified atom stereocenters. The number of ether oxygens (including phenoxy) is 1. The number of hydrogen-bond donors (Lipinski definition) is 3. The second kappa shape index (κ2) is 7.47. The molecule has 0 bridgehead atoms. The third-order valence-electron chi connectivity index (χ3n) is 2.31. The standard InChI is InChI=1S/C13H17NO4/c1-18-12-4-2-3-10(7-12)5-6-13(17)14-11(8-15)9-16/h2-7,11,15-16H,8-9H2,1H3,(H,14,17). The van der Waals surface area contributed by atoms with Gasteiger partial charge in [0.15, 0.2) is 0 Å². The Morgan fingerprint density at radius 2 is 2.17 bits per heavy atom. The highest BCUT2D eigenvalue weighted by atomic mass is 16.5. The van der Waals surface area contributed by atoms with Crippen LogP contribution in [0, 0.1) is 0 Å². The molecule has 0 radical (unpaired) electrons. The fourth-order valence-corrected chi connectivity index (χ4v) is 1.32. The summed E-state index contributed by atoms with van der Waals surface area (Å²) in [5.74, 6) is 0.340. The molecule has 18 heavy (non-hydrogen) atoms. The summed E-state index contributed by atoms with van der Waals surface area (Å²) in [6, 6.07) is 6.62. The van der Waals surface area contributed by atoms with Crippen LogP contribution < -0.4 is 10.1 Å². The third-order valence-corrected chi connectivity index (χ3v) is 2.31. The van der Waals surface area contributed by atoms with Crippen molar-refractivity contribution < 1.29 is 19.7 Å². The van der Waals surface area contributed by atoms with E-state index in [0.29, 0.717) is 5.75 Å². The fraction of sp³-hybridized carbons (Fsp3) is 0.308. The molecule has 0 atom stereocenters. The zero-order chi connectivity index (χ0) is 13.4. The highest BCUT2D eigenvalue weighted by molar-refractivity contribution is 5.91. The van der Waals surface area contributed by atoms with Crippen LogP contribution >= 0.6 is 0 Å². The lowest BCUT2D eigenvalue weighted by Gasteiger charge is -2.10. The van der Waals surface area contributed by atoms with E-state index in [9.17, 15) is 4.79 Å². The van der Waals surface area contributed by atoms with Crippen LogP contribution in [0.15, 0.2) is 30.3 Å². The van der Waals surface area contributed by atoms with Crippen LogP contribution in [0.4, 0.5) is 0 Å². The van der Waals surface area contributed by atoms with Crippen molar-refractivity contribution in [3.63, 3.8) is 0 Å². The number of rotatable bonds is 6. The molecular formula is C13H17NO4. The first kappa shape index (κ1) is 14.2. The predicted octanol–water partition coefficient (Wildman–Crippen LogP) is 0.178. The predicted molar refractivity (Wildman–Crippen MR) is 68.1 cm³/mol. The number of aliphatic hydroxyl groups is 2. The van der Waals surface area contributed by atoms with Gasteiger partial charge in [-0.2, -0.15) is 0 Å². The molecule has 0 aliphatic heterocycles. The molecule has 0 saturated carbocycles. The van der Waals surface area contributed by atoms with Crippen LogP contribution in [0.2, 0.25) is 0 Å². The van der Waals surface area contributed by atoms with Gasteiger partial charge >= 0.3 is 0 Å². The summed E-state index contributed by atoms with van der Waals surface area (Å²) < 4.78 is 5.06. The van der Waals surface area contributed by atoms with Crippen LogP contribution in [-0.2, 0) is 4.79 Å². The van der Waals surface area contributed by atoms with Crippen molar-refractivity contribution in [2.24, 2.45) is 0 Å². The molecule has 0 aliphatic carbocycles. The molecule has 5 heteroatoms. The number of carbonyl (C=O) groups excluding carboxylic acids is 1. The Kier molecular flexibility index (Phi) is 5.90. The van der Waals surface area contributed by atoms with E-state index >= 15 is 0 Å². The number of aliphatic hydroxyl groups excluding tert-OH is 2. The van der Waals surface area contributed by atoms with E-state index in [1.165, 1.54) is 6.08 Å². The molecule has 0 saturated heterocycles. The molecule has 0 spiro atoms. The summed E-state index contributed by atoms with van der Waals surface area (Å²) in [6.07, 6.45) is 2.97. The van der Waals surface area contributed by atoms with Crippen LogP contribution in [0.25, 0.3) is 6.08 Å². The molecule has 98 valence electrons. The lowest BCUT2D eigenvalue weighted by molar-refractivity contribution is -0.117. The average Bonchev–Trinajstić information content (AvgIpc) is 2.42. The number of carbonyl (C=O) groups is 1. The number of nitrogens with one attached hydrogen (secondary N) is 1. The van der Waals surface area contributed by atoms with Crippen molar-refractivity contribution in [1.29, 1.82) is 0 Å². The Morgan fingerprint density at radius 3 is 2.78 bits per heavy atom. The summed E-state index contributed by atoms with van der Waals surface area (Å²) in [5, 5.41) is 20.1. The minimum Gasteiger partial charge on any atom is -0.497 e. The first-order chi connectivity index (χ1) is 8.69. The highest BCUT2D eigenvalue weighted by Gasteiger charge is 2.06. The van der Waals surface area contributed by atoms with Crippen molar-refractivity contribution in [1.82, 2.24) is 5.32 Å². The molecule has 1 aromatic rings. The Hall–Kier alpha value is -1.85. The highest BCUT2D eigenvalue weighted by Crippen LogP contribution is 2.13. The van der Waals surface area contributed by atoms with Crippen LogP contribution in [0.5, 0.6) is 5.75 Å². The average molecular weight is 251 g/mol. The van der Waals surface area contributed by atoms with Crippen LogP contribution in [0.1, 0.15) is 5.56 Å². The Labute approximate surface area is 106 Å². The normalized spacial score (nSPS) is 10.9. The van der Waals surface area contributed by atoms with Gasteiger partial charge in [-0.05, 0) is 23.8 Å². The van der Waals surface area contributed by atoms with Crippen LogP contribution in [-0.4, -0.2) is 42.5 Å². The van der Waals surface area contributed by atoms with Gasteiger partial charge in [0.1, 0.15) is 5.75 Å². The van der Waals surface area contributed by atoms with Gasteiger partial charge in [-0.3, -0.25) is 4.79 Å². The van der Waals surface area contributed by atoms with E-state index in [1.54, 1.807) is 19.3 Å². The molecular weight excluding hydrogens is 234 g/mol. The summed E-state index contributed by atoms with van der Waals surface area (Å²) in [5.41, 5.74) is 0.828. The van der Waals surface area contributed by atoms with Crippen molar-refractivity contribution in [3.8, 4) is 5.75 Å². The minimum atomic E-state index is -0.632. The zero-order valence-electron chi connectivity index (χ0n) is 10.2. The van der Waals surface area contributed by atoms with E-state index in [-0.39, 0.29) is 19.1 Å². The van der Waals surface area contributed by atoms with E-state index < -0.39 is 6.04 Å². The molecule has 0 heterocycles. The maximum atomic E-state index is 11.4. The minimum absolute atomic E-state index is 0.296.